The minimum absolute atomic E-state index is 0.351. The number of aryl methyl sites for hydroxylation is 1. The summed E-state index contributed by atoms with van der Waals surface area (Å²) in [6.45, 7) is 6.84. The van der Waals surface area contributed by atoms with Crippen LogP contribution in [0.3, 0.4) is 0 Å². The fraction of sp³-hybridized carbons (Fsp3) is 0.208. The van der Waals surface area contributed by atoms with Crippen LogP contribution in [0.2, 0.25) is 5.02 Å². The molecule has 2 aromatic heterocycles. The zero-order valence-electron chi connectivity index (χ0n) is 17.5. The van der Waals surface area contributed by atoms with Gasteiger partial charge in [-0.1, -0.05) is 59.8 Å². The Hall–Kier alpha value is -3.03. The van der Waals surface area contributed by atoms with E-state index < -0.39 is 0 Å². The van der Waals surface area contributed by atoms with E-state index in [2.05, 4.69) is 16.8 Å². The Kier molecular flexibility index (Phi) is 5.76. The summed E-state index contributed by atoms with van der Waals surface area (Å²) >= 11 is 8.18. The van der Waals surface area contributed by atoms with Crippen LogP contribution in [0, 0.1) is 6.92 Å². The van der Waals surface area contributed by atoms with Crippen LogP contribution in [0.4, 0.5) is 0 Å². The molecule has 0 spiro atoms. The molecule has 1 aliphatic rings. The van der Waals surface area contributed by atoms with E-state index in [1.807, 2.05) is 66.1 Å². The minimum Gasteiger partial charge on any atom is -0.485 e. The Morgan fingerprint density at radius 3 is 2.78 bits per heavy atom. The van der Waals surface area contributed by atoms with Crippen LogP contribution in [-0.2, 0) is 12.3 Å². The summed E-state index contributed by atoms with van der Waals surface area (Å²) in [6, 6.07) is 15.6. The van der Waals surface area contributed by atoms with Crippen molar-refractivity contribution in [2.24, 2.45) is 0 Å². The summed E-state index contributed by atoms with van der Waals surface area (Å²) in [5.41, 5.74) is 2.80. The second-order valence-electron chi connectivity index (χ2n) is 7.41. The number of allylic oxidation sites excluding steroid dienone is 1. The van der Waals surface area contributed by atoms with Crippen LogP contribution in [-0.4, -0.2) is 26.4 Å². The molecule has 1 unspecified atom stereocenters. The first-order valence-electron chi connectivity index (χ1n) is 10.2. The number of ether oxygens (including phenoxy) is 2. The van der Waals surface area contributed by atoms with Crippen molar-refractivity contribution >= 4 is 34.3 Å². The number of rotatable bonds is 6. The molecule has 6 nitrogen and oxygen atoms in total. The zero-order valence-corrected chi connectivity index (χ0v) is 19.1. The largest absolute Gasteiger partial charge is 0.485 e. The fourth-order valence-corrected chi connectivity index (χ4v) is 4.93. The molecule has 1 atom stereocenters. The van der Waals surface area contributed by atoms with Gasteiger partial charge in [-0.2, -0.15) is 0 Å². The molecular formula is C24H21ClN4O2S. The van der Waals surface area contributed by atoms with Crippen molar-refractivity contribution in [3.05, 3.63) is 83.3 Å². The van der Waals surface area contributed by atoms with Gasteiger partial charge in [0.25, 0.3) is 0 Å². The van der Waals surface area contributed by atoms with Crippen molar-refractivity contribution in [2.45, 2.75) is 30.5 Å². The van der Waals surface area contributed by atoms with Crippen LogP contribution < -0.4 is 9.47 Å². The van der Waals surface area contributed by atoms with E-state index in [9.17, 15) is 0 Å². The molecule has 32 heavy (non-hydrogen) atoms. The van der Waals surface area contributed by atoms with Crippen LogP contribution in [0.15, 0.2) is 66.3 Å². The number of halogens is 1. The number of para-hydroxylation sites is 3. The maximum Gasteiger partial charge on any atom is 0.192 e. The SMILES string of the molecule is C=CCn1c(SCc2nc3ccccc3c(C)c2Cl)nnc1C1COc2ccccc2O1. The highest BCUT2D eigenvalue weighted by atomic mass is 35.5. The number of thioether (sulfide) groups is 1. The lowest BCUT2D eigenvalue weighted by molar-refractivity contribution is 0.0821. The molecule has 0 aliphatic carbocycles. The highest BCUT2D eigenvalue weighted by molar-refractivity contribution is 7.98. The van der Waals surface area contributed by atoms with Gasteiger partial charge < -0.3 is 9.47 Å². The first-order chi connectivity index (χ1) is 15.7. The summed E-state index contributed by atoms with van der Waals surface area (Å²) < 4.78 is 14.0. The number of hydrogen-bond acceptors (Lipinski definition) is 6. The maximum atomic E-state index is 6.64. The molecule has 0 bridgehead atoms. The number of nitrogens with zero attached hydrogens (tertiary/aromatic N) is 4. The highest BCUT2D eigenvalue weighted by Crippen LogP contribution is 2.37. The Bertz CT molecular complexity index is 1310. The Morgan fingerprint density at radius 2 is 1.94 bits per heavy atom. The van der Waals surface area contributed by atoms with E-state index in [0.29, 0.717) is 35.5 Å². The number of aromatic nitrogens is 4. The summed E-state index contributed by atoms with van der Waals surface area (Å²) in [7, 11) is 0. The van der Waals surface area contributed by atoms with E-state index in [4.69, 9.17) is 26.1 Å². The third kappa shape index (κ3) is 3.82. The quantitative estimate of drug-likeness (QED) is 0.266. The van der Waals surface area contributed by atoms with E-state index in [1.54, 1.807) is 11.8 Å². The minimum atomic E-state index is -0.351. The van der Waals surface area contributed by atoms with Crippen LogP contribution in [0.1, 0.15) is 23.2 Å². The third-order valence-corrected chi connectivity index (χ3v) is 6.82. The van der Waals surface area contributed by atoms with Gasteiger partial charge in [0.2, 0.25) is 0 Å². The summed E-state index contributed by atoms with van der Waals surface area (Å²) in [5, 5.41) is 11.3. The Labute approximate surface area is 195 Å². The number of pyridine rings is 1. The summed E-state index contributed by atoms with van der Waals surface area (Å²) in [4.78, 5) is 4.77. The average molecular weight is 465 g/mol. The van der Waals surface area contributed by atoms with Crippen molar-refractivity contribution in [3.8, 4) is 11.5 Å². The van der Waals surface area contributed by atoms with Crippen molar-refractivity contribution in [3.63, 3.8) is 0 Å². The first kappa shape index (κ1) is 20.8. The van der Waals surface area contributed by atoms with Crippen molar-refractivity contribution < 1.29 is 9.47 Å². The molecule has 4 aromatic rings. The van der Waals surface area contributed by atoms with Crippen LogP contribution in [0.25, 0.3) is 10.9 Å². The topological polar surface area (TPSA) is 62.1 Å². The van der Waals surface area contributed by atoms with Crippen molar-refractivity contribution in [1.29, 1.82) is 0 Å². The molecule has 0 radical (unpaired) electrons. The molecular weight excluding hydrogens is 444 g/mol. The van der Waals surface area contributed by atoms with E-state index in [-0.39, 0.29) is 6.10 Å². The Morgan fingerprint density at radius 1 is 1.16 bits per heavy atom. The van der Waals surface area contributed by atoms with E-state index >= 15 is 0 Å². The molecule has 2 aromatic carbocycles. The molecule has 0 fully saturated rings. The standard InChI is InChI=1S/C24H21ClN4O2S/c1-3-12-29-23(21-13-30-19-10-6-7-11-20(19)31-21)27-28-24(29)32-14-18-22(25)15(2)16-8-4-5-9-17(16)26-18/h3-11,21H,1,12-14H2,2H3. The molecule has 3 heterocycles. The van der Waals surface area contributed by atoms with Gasteiger partial charge in [-0.25, -0.2) is 0 Å². The average Bonchev–Trinajstić information content (AvgIpc) is 3.23. The molecule has 0 N–H and O–H groups in total. The second-order valence-corrected chi connectivity index (χ2v) is 8.73. The maximum absolute atomic E-state index is 6.64. The molecule has 162 valence electrons. The lowest BCUT2D eigenvalue weighted by atomic mass is 10.1. The van der Waals surface area contributed by atoms with E-state index in [0.717, 1.165) is 33.1 Å². The van der Waals surface area contributed by atoms with Gasteiger partial charge in [0.15, 0.2) is 28.6 Å². The van der Waals surface area contributed by atoms with Gasteiger partial charge in [0, 0.05) is 17.7 Å². The van der Waals surface area contributed by atoms with Crippen LogP contribution >= 0.6 is 23.4 Å². The molecule has 0 saturated heterocycles. The van der Waals surface area contributed by atoms with E-state index in [1.165, 1.54) is 0 Å². The zero-order chi connectivity index (χ0) is 22.1. The lowest BCUT2D eigenvalue weighted by Crippen LogP contribution is -2.25. The van der Waals surface area contributed by atoms with Gasteiger partial charge in [0.1, 0.15) is 6.61 Å². The number of benzene rings is 2. The summed E-state index contributed by atoms with van der Waals surface area (Å²) in [5.74, 6) is 2.72. The lowest BCUT2D eigenvalue weighted by Gasteiger charge is -2.26. The molecule has 1 aliphatic heterocycles. The predicted molar refractivity (Wildman–Crippen MR) is 127 cm³/mol. The van der Waals surface area contributed by atoms with Crippen molar-refractivity contribution in [2.75, 3.05) is 6.61 Å². The molecule has 5 rings (SSSR count). The van der Waals surface area contributed by atoms with Gasteiger partial charge in [-0.05, 0) is 30.7 Å². The van der Waals surface area contributed by atoms with Gasteiger partial charge >= 0.3 is 0 Å². The van der Waals surface area contributed by atoms with Crippen LogP contribution in [0.5, 0.6) is 11.5 Å². The first-order valence-corrected chi connectivity index (χ1v) is 11.6. The summed E-state index contributed by atoms with van der Waals surface area (Å²) in [6.07, 6.45) is 1.47. The monoisotopic (exact) mass is 464 g/mol. The number of hydrogen-bond donors (Lipinski definition) is 0. The van der Waals surface area contributed by atoms with Gasteiger partial charge in [-0.3, -0.25) is 9.55 Å². The van der Waals surface area contributed by atoms with Crippen molar-refractivity contribution in [1.82, 2.24) is 19.7 Å². The second kappa shape index (κ2) is 8.84. The Balaban J connectivity index is 1.41. The highest BCUT2D eigenvalue weighted by Gasteiger charge is 2.28. The van der Waals surface area contributed by atoms with Gasteiger partial charge in [0.05, 0.1) is 16.2 Å². The normalized spacial score (nSPS) is 15.1. The fourth-order valence-electron chi connectivity index (χ4n) is 3.74. The molecule has 0 saturated carbocycles. The predicted octanol–water partition coefficient (Wildman–Crippen LogP) is 5.78. The van der Waals surface area contributed by atoms with Gasteiger partial charge in [-0.15, -0.1) is 16.8 Å². The molecule has 0 amide bonds. The number of fused-ring (bicyclic) bond motifs is 2. The third-order valence-electron chi connectivity index (χ3n) is 5.34. The smallest absolute Gasteiger partial charge is 0.192 e. The molecule has 8 heteroatoms.